The molecule has 0 radical (unpaired) electrons. The zero-order valence-corrected chi connectivity index (χ0v) is 10.7. The Bertz CT molecular complexity index is 567. The van der Waals surface area contributed by atoms with Crippen molar-refractivity contribution < 1.29 is 4.79 Å². The standard InChI is InChI=1S/C10H7Cl2N5O/c1-5-4-8(12)14-10(13-5)15-9(18)6-2-3-7(11)17-16-6/h2-4H,1H3,(H,13,14,15,18). The molecule has 1 amide bonds. The number of amides is 1. The number of carbonyl (C=O) groups excluding carboxylic acids is 1. The van der Waals surface area contributed by atoms with Crippen LogP contribution in [0.15, 0.2) is 18.2 Å². The van der Waals surface area contributed by atoms with Crippen molar-refractivity contribution in [2.75, 3.05) is 5.32 Å². The molecule has 1 N–H and O–H groups in total. The minimum absolute atomic E-state index is 0.112. The fourth-order valence-corrected chi connectivity index (χ4v) is 1.53. The molecule has 18 heavy (non-hydrogen) atoms. The van der Waals surface area contributed by atoms with Crippen LogP contribution in [0.25, 0.3) is 0 Å². The number of hydrogen-bond acceptors (Lipinski definition) is 5. The van der Waals surface area contributed by atoms with Gasteiger partial charge in [0.15, 0.2) is 10.8 Å². The predicted octanol–water partition coefficient (Wildman–Crippen LogP) is 2.13. The molecule has 0 aliphatic carbocycles. The van der Waals surface area contributed by atoms with Gasteiger partial charge in [0.2, 0.25) is 5.95 Å². The van der Waals surface area contributed by atoms with Crippen LogP contribution in [-0.2, 0) is 0 Å². The van der Waals surface area contributed by atoms with Crippen LogP contribution in [0.4, 0.5) is 5.95 Å². The van der Waals surface area contributed by atoms with Crippen LogP contribution in [0.3, 0.4) is 0 Å². The van der Waals surface area contributed by atoms with E-state index in [1.165, 1.54) is 12.1 Å². The summed E-state index contributed by atoms with van der Waals surface area (Å²) < 4.78 is 0. The van der Waals surface area contributed by atoms with E-state index >= 15 is 0 Å². The molecule has 0 saturated carbocycles. The summed E-state index contributed by atoms with van der Waals surface area (Å²) in [5, 5.41) is 10.1. The number of rotatable bonds is 2. The van der Waals surface area contributed by atoms with Gasteiger partial charge in [-0.05, 0) is 25.1 Å². The molecular weight excluding hydrogens is 277 g/mol. The van der Waals surface area contributed by atoms with E-state index in [9.17, 15) is 4.79 Å². The highest BCUT2D eigenvalue weighted by Gasteiger charge is 2.10. The first-order valence-corrected chi connectivity index (χ1v) is 5.62. The van der Waals surface area contributed by atoms with Gasteiger partial charge in [0.05, 0.1) is 0 Å². The van der Waals surface area contributed by atoms with E-state index in [1.54, 1.807) is 13.0 Å². The molecule has 2 aromatic rings. The summed E-state index contributed by atoms with van der Waals surface area (Å²) in [6, 6.07) is 4.49. The Labute approximate surface area is 112 Å². The minimum atomic E-state index is -0.485. The van der Waals surface area contributed by atoms with E-state index < -0.39 is 5.91 Å². The van der Waals surface area contributed by atoms with E-state index in [4.69, 9.17) is 23.2 Å². The molecule has 0 unspecified atom stereocenters. The fraction of sp³-hybridized carbons (Fsp3) is 0.100. The van der Waals surface area contributed by atoms with Crippen molar-refractivity contribution >= 4 is 35.1 Å². The number of anilines is 1. The molecule has 8 heteroatoms. The normalized spacial score (nSPS) is 10.2. The molecule has 0 bridgehead atoms. The number of aromatic nitrogens is 4. The lowest BCUT2D eigenvalue weighted by Gasteiger charge is -2.03. The molecule has 0 aromatic carbocycles. The van der Waals surface area contributed by atoms with Crippen molar-refractivity contribution in [3.63, 3.8) is 0 Å². The van der Waals surface area contributed by atoms with Gasteiger partial charge in [-0.25, -0.2) is 9.97 Å². The van der Waals surface area contributed by atoms with Crippen LogP contribution in [0, 0.1) is 6.92 Å². The fourth-order valence-electron chi connectivity index (χ4n) is 1.19. The maximum Gasteiger partial charge on any atom is 0.278 e. The Morgan fingerprint density at radius 3 is 2.56 bits per heavy atom. The molecule has 0 atom stereocenters. The highest BCUT2D eigenvalue weighted by atomic mass is 35.5. The van der Waals surface area contributed by atoms with Crippen LogP contribution < -0.4 is 5.32 Å². The lowest BCUT2D eigenvalue weighted by Crippen LogP contribution is -2.16. The molecule has 2 rings (SSSR count). The number of carbonyl (C=O) groups is 1. The van der Waals surface area contributed by atoms with Crippen LogP contribution in [0.1, 0.15) is 16.2 Å². The quantitative estimate of drug-likeness (QED) is 0.854. The molecular formula is C10H7Cl2N5O. The zero-order chi connectivity index (χ0) is 13.1. The number of halogens is 2. The molecule has 92 valence electrons. The number of aryl methyl sites for hydroxylation is 1. The van der Waals surface area contributed by atoms with Gasteiger partial charge < -0.3 is 0 Å². The highest BCUT2D eigenvalue weighted by Crippen LogP contribution is 2.10. The van der Waals surface area contributed by atoms with Gasteiger partial charge >= 0.3 is 0 Å². The molecule has 0 fully saturated rings. The molecule has 0 spiro atoms. The topological polar surface area (TPSA) is 80.7 Å². The first-order valence-electron chi connectivity index (χ1n) is 4.86. The van der Waals surface area contributed by atoms with Crippen molar-refractivity contribution in [1.29, 1.82) is 0 Å². The van der Waals surface area contributed by atoms with Crippen LogP contribution in [0.5, 0.6) is 0 Å². The second-order valence-corrected chi connectivity index (χ2v) is 4.13. The first kappa shape index (κ1) is 12.7. The molecule has 0 saturated heterocycles. The van der Waals surface area contributed by atoms with Crippen molar-refractivity contribution in [2.45, 2.75) is 6.92 Å². The highest BCUT2D eigenvalue weighted by molar-refractivity contribution is 6.29. The summed E-state index contributed by atoms with van der Waals surface area (Å²) >= 11 is 11.3. The monoisotopic (exact) mass is 283 g/mol. The maximum atomic E-state index is 11.8. The first-order chi connectivity index (χ1) is 8.54. The predicted molar refractivity (Wildman–Crippen MR) is 66.8 cm³/mol. The zero-order valence-electron chi connectivity index (χ0n) is 9.19. The van der Waals surface area contributed by atoms with Gasteiger partial charge in [0, 0.05) is 5.69 Å². The van der Waals surface area contributed by atoms with Gasteiger partial charge in [0.25, 0.3) is 5.91 Å². The Kier molecular flexibility index (Phi) is 3.69. The van der Waals surface area contributed by atoms with Crippen molar-refractivity contribution in [3.8, 4) is 0 Å². The summed E-state index contributed by atoms with van der Waals surface area (Å²) in [7, 11) is 0. The van der Waals surface area contributed by atoms with E-state index in [2.05, 4.69) is 25.5 Å². The van der Waals surface area contributed by atoms with Gasteiger partial charge in [0.1, 0.15) is 5.15 Å². The van der Waals surface area contributed by atoms with Gasteiger partial charge in [-0.1, -0.05) is 23.2 Å². The van der Waals surface area contributed by atoms with Crippen molar-refractivity contribution in [2.24, 2.45) is 0 Å². The molecule has 6 nitrogen and oxygen atoms in total. The Hall–Kier alpha value is -1.79. The SMILES string of the molecule is Cc1cc(Cl)nc(NC(=O)c2ccc(Cl)nn2)n1. The maximum absolute atomic E-state index is 11.8. The number of hydrogen-bond donors (Lipinski definition) is 1. The van der Waals surface area contributed by atoms with E-state index in [-0.39, 0.29) is 21.9 Å². The number of nitrogens with zero attached hydrogens (tertiary/aromatic N) is 4. The summed E-state index contributed by atoms with van der Waals surface area (Å²) in [4.78, 5) is 19.6. The van der Waals surface area contributed by atoms with Crippen LogP contribution >= 0.6 is 23.2 Å². The molecule has 2 heterocycles. The van der Waals surface area contributed by atoms with Crippen LogP contribution in [-0.4, -0.2) is 26.1 Å². The largest absolute Gasteiger partial charge is 0.289 e. The van der Waals surface area contributed by atoms with E-state index in [1.807, 2.05) is 0 Å². The van der Waals surface area contributed by atoms with Crippen molar-refractivity contribution in [3.05, 3.63) is 39.9 Å². The minimum Gasteiger partial charge on any atom is -0.289 e. The third-order valence-corrected chi connectivity index (χ3v) is 2.31. The van der Waals surface area contributed by atoms with Crippen molar-refractivity contribution in [1.82, 2.24) is 20.2 Å². The smallest absolute Gasteiger partial charge is 0.278 e. The van der Waals surface area contributed by atoms with Gasteiger partial charge in [-0.3, -0.25) is 10.1 Å². The molecule has 2 aromatic heterocycles. The van der Waals surface area contributed by atoms with Gasteiger partial charge in [-0.15, -0.1) is 10.2 Å². The van der Waals surface area contributed by atoms with E-state index in [0.717, 1.165) is 0 Å². The summed E-state index contributed by atoms with van der Waals surface area (Å²) in [5.41, 5.74) is 0.758. The Balaban J connectivity index is 2.18. The van der Waals surface area contributed by atoms with Crippen LogP contribution in [0.2, 0.25) is 10.3 Å². The third kappa shape index (κ3) is 3.12. The van der Waals surface area contributed by atoms with Gasteiger partial charge in [-0.2, -0.15) is 0 Å². The third-order valence-electron chi connectivity index (χ3n) is 1.91. The summed E-state index contributed by atoms with van der Waals surface area (Å²) in [6.07, 6.45) is 0. The Morgan fingerprint density at radius 2 is 1.94 bits per heavy atom. The Morgan fingerprint density at radius 1 is 1.17 bits per heavy atom. The second kappa shape index (κ2) is 5.24. The molecule has 0 aliphatic heterocycles. The summed E-state index contributed by atoms with van der Waals surface area (Å²) in [6.45, 7) is 1.74. The average molecular weight is 284 g/mol. The molecule has 0 aliphatic rings. The average Bonchev–Trinajstić information content (AvgIpc) is 2.28. The lowest BCUT2D eigenvalue weighted by atomic mass is 10.4. The van der Waals surface area contributed by atoms with E-state index in [0.29, 0.717) is 5.69 Å². The number of nitrogens with one attached hydrogen (secondary N) is 1. The summed E-state index contributed by atoms with van der Waals surface area (Å²) in [5.74, 6) is -0.373. The lowest BCUT2D eigenvalue weighted by molar-refractivity contribution is 0.102. The second-order valence-electron chi connectivity index (χ2n) is 3.35.